The van der Waals surface area contributed by atoms with Crippen molar-refractivity contribution in [2.45, 2.75) is 0 Å². The van der Waals surface area contributed by atoms with Gasteiger partial charge in [0.25, 0.3) is 0 Å². The largest absolute Gasteiger partial charge is 0.369 e. The molecule has 1 aromatic heterocycles. The lowest BCUT2D eigenvalue weighted by Gasteiger charge is -1.96. The van der Waals surface area contributed by atoms with E-state index in [1.807, 2.05) is 24.3 Å². The molecule has 0 saturated carbocycles. The minimum absolute atomic E-state index is 0.0926. The fourth-order valence-electron chi connectivity index (χ4n) is 1.19. The molecule has 0 saturated heterocycles. The first-order chi connectivity index (χ1) is 7.75. The second-order valence-corrected chi connectivity index (χ2v) is 3.05. The van der Waals surface area contributed by atoms with E-state index in [1.165, 1.54) is 6.21 Å². The Hall–Kier alpha value is -2.50. The third-order valence-electron chi connectivity index (χ3n) is 1.83. The van der Waals surface area contributed by atoms with Gasteiger partial charge in [-0.2, -0.15) is 5.10 Å². The summed E-state index contributed by atoms with van der Waals surface area (Å²) in [5.74, 6) is -0.0926. The van der Waals surface area contributed by atoms with Crippen LogP contribution in [0.3, 0.4) is 0 Å². The predicted molar refractivity (Wildman–Crippen MR) is 62.9 cm³/mol. The molecule has 1 aromatic carbocycles. The lowest BCUT2D eigenvalue weighted by atomic mass is 10.3. The molecular weight excluding hydrogens is 204 g/mol. The van der Waals surface area contributed by atoms with Gasteiger partial charge >= 0.3 is 0 Å². The Kier molecular flexibility index (Phi) is 2.73. The number of rotatable bonds is 2. The number of aromatic nitrogens is 2. The molecule has 0 radical (unpaired) electrons. The summed E-state index contributed by atoms with van der Waals surface area (Å²) in [5, 5.41) is 7.13. The maximum absolute atomic E-state index is 5.13. The summed E-state index contributed by atoms with van der Waals surface area (Å²) in [5.41, 5.74) is 12.5. The topological polar surface area (TPSA) is 103 Å². The Balaban J connectivity index is 2.33. The molecule has 0 spiro atoms. The monoisotopic (exact) mass is 214 g/mol. The molecule has 2 aromatic rings. The van der Waals surface area contributed by atoms with Gasteiger partial charge in [-0.3, -0.25) is 4.98 Å². The number of hydrogen-bond donors (Lipinski definition) is 2. The van der Waals surface area contributed by atoms with Crippen molar-refractivity contribution < 1.29 is 0 Å². The summed E-state index contributed by atoms with van der Waals surface area (Å²) < 4.78 is 0. The molecule has 1 heterocycles. The maximum Gasteiger partial charge on any atom is 0.211 e. The Morgan fingerprint density at radius 3 is 2.69 bits per heavy atom. The zero-order chi connectivity index (χ0) is 11.4. The number of nitrogens with two attached hydrogens (primary N) is 2. The van der Waals surface area contributed by atoms with Gasteiger partial charge in [0.1, 0.15) is 5.69 Å². The van der Waals surface area contributed by atoms with E-state index in [-0.39, 0.29) is 5.96 Å². The van der Waals surface area contributed by atoms with Gasteiger partial charge < -0.3 is 11.5 Å². The van der Waals surface area contributed by atoms with Crippen LogP contribution in [0.2, 0.25) is 0 Å². The van der Waals surface area contributed by atoms with E-state index >= 15 is 0 Å². The van der Waals surface area contributed by atoms with Gasteiger partial charge in [-0.15, -0.1) is 5.10 Å². The van der Waals surface area contributed by atoms with Gasteiger partial charge in [-0.1, -0.05) is 12.1 Å². The summed E-state index contributed by atoms with van der Waals surface area (Å²) in [6, 6.07) is 7.57. The van der Waals surface area contributed by atoms with Crippen molar-refractivity contribution in [1.82, 2.24) is 9.97 Å². The number of fused-ring (bicyclic) bond motifs is 1. The maximum atomic E-state index is 5.13. The van der Waals surface area contributed by atoms with E-state index in [2.05, 4.69) is 20.2 Å². The van der Waals surface area contributed by atoms with Crippen LogP contribution in [0.1, 0.15) is 5.69 Å². The molecule has 6 heteroatoms. The molecule has 0 fully saturated rings. The summed E-state index contributed by atoms with van der Waals surface area (Å²) in [7, 11) is 0. The zero-order valence-electron chi connectivity index (χ0n) is 8.41. The number of hydrogen-bond acceptors (Lipinski definition) is 4. The molecule has 0 aliphatic carbocycles. The molecule has 16 heavy (non-hydrogen) atoms. The van der Waals surface area contributed by atoms with Crippen molar-refractivity contribution in [3.63, 3.8) is 0 Å². The van der Waals surface area contributed by atoms with Crippen LogP contribution < -0.4 is 11.5 Å². The Bertz CT molecular complexity index is 556. The first-order valence-corrected chi connectivity index (χ1v) is 4.59. The highest BCUT2D eigenvalue weighted by atomic mass is 15.3. The average Bonchev–Trinajstić information content (AvgIpc) is 2.28. The van der Waals surface area contributed by atoms with Gasteiger partial charge in [0, 0.05) is 0 Å². The van der Waals surface area contributed by atoms with Crippen molar-refractivity contribution in [3.8, 4) is 0 Å². The smallest absolute Gasteiger partial charge is 0.211 e. The fourth-order valence-corrected chi connectivity index (χ4v) is 1.19. The highest BCUT2D eigenvalue weighted by molar-refractivity contribution is 5.83. The van der Waals surface area contributed by atoms with Crippen LogP contribution in [0.5, 0.6) is 0 Å². The van der Waals surface area contributed by atoms with Crippen molar-refractivity contribution >= 4 is 23.2 Å². The highest BCUT2D eigenvalue weighted by Crippen LogP contribution is 2.07. The normalized spacial score (nSPS) is 10.8. The molecule has 6 nitrogen and oxygen atoms in total. The van der Waals surface area contributed by atoms with E-state index in [1.54, 1.807) is 6.20 Å². The molecule has 0 bridgehead atoms. The third-order valence-corrected chi connectivity index (χ3v) is 1.83. The van der Waals surface area contributed by atoms with Gasteiger partial charge in [-0.05, 0) is 12.1 Å². The lowest BCUT2D eigenvalue weighted by molar-refractivity contribution is 1.20. The van der Waals surface area contributed by atoms with Crippen LogP contribution in [0.4, 0.5) is 0 Å². The summed E-state index contributed by atoms with van der Waals surface area (Å²) in [6.07, 6.45) is 3.05. The minimum atomic E-state index is -0.0926. The highest BCUT2D eigenvalue weighted by Gasteiger charge is 1.95. The van der Waals surface area contributed by atoms with Crippen LogP contribution >= 0.6 is 0 Å². The van der Waals surface area contributed by atoms with Gasteiger partial charge in [0.15, 0.2) is 0 Å². The molecule has 0 atom stereocenters. The summed E-state index contributed by atoms with van der Waals surface area (Å²) in [6.45, 7) is 0. The molecule has 2 rings (SSSR count). The molecule has 0 unspecified atom stereocenters. The fraction of sp³-hybridized carbons (Fsp3) is 0. The van der Waals surface area contributed by atoms with Crippen LogP contribution in [-0.4, -0.2) is 22.1 Å². The predicted octanol–water partition coefficient (Wildman–Crippen LogP) is 0.237. The average molecular weight is 214 g/mol. The minimum Gasteiger partial charge on any atom is -0.369 e. The number of benzene rings is 1. The molecule has 4 N–H and O–H groups in total. The lowest BCUT2D eigenvalue weighted by Crippen LogP contribution is -2.21. The van der Waals surface area contributed by atoms with Crippen molar-refractivity contribution in [3.05, 3.63) is 36.2 Å². The van der Waals surface area contributed by atoms with E-state index in [0.717, 1.165) is 11.0 Å². The quantitative estimate of drug-likeness (QED) is 0.424. The van der Waals surface area contributed by atoms with Gasteiger partial charge in [-0.25, -0.2) is 4.98 Å². The van der Waals surface area contributed by atoms with Crippen molar-refractivity contribution in [2.24, 2.45) is 21.7 Å². The third kappa shape index (κ3) is 2.30. The standard InChI is InChI=1S/C10H10N6/c11-10(12)16-14-6-7-5-13-8-3-1-2-4-9(8)15-7/h1-6H,(H4,11,12,16). The number of nitrogens with zero attached hydrogens (tertiary/aromatic N) is 4. The second-order valence-electron chi connectivity index (χ2n) is 3.05. The Labute approximate surface area is 91.7 Å². The van der Waals surface area contributed by atoms with Crippen molar-refractivity contribution in [2.75, 3.05) is 0 Å². The summed E-state index contributed by atoms with van der Waals surface area (Å²) in [4.78, 5) is 8.52. The van der Waals surface area contributed by atoms with Crippen LogP contribution in [-0.2, 0) is 0 Å². The Morgan fingerprint density at radius 1 is 1.19 bits per heavy atom. The van der Waals surface area contributed by atoms with Gasteiger partial charge in [0.2, 0.25) is 5.96 Å². The number of guanidine groups is 1. The van der Waals surface area contributed by atoms with Gasteiger partial charge in [0.05, 0.1) is 23.4 Å². The molecular formula is C10H10N6. The van der Waals surface area contributed by atoms with Crippen LogP contribution in [0, 0.1) is 0 Å². The molecule has 0 aliphatic rings. The van der Waals surface area contributed by atoms with Crippen LogP contribution in [0.15, 0.2) is 40.7 Å². The summed E-state index contributed by atoms with van der Waals surface area (Å²) >= 11 is 0. The molecule has 80 valence electrons. The Morgan fingerprint density at radius 2 is 1.94 bits per heavy atom. The first kappa shape index (κ1) is 10.0. The van der Waals surface area contributed by atoms with Crippen LogP contribution in [0.25, 0.3) is 11.0 Å². The zero-order valence-corrected chi connectivity index (χ0v) is 8.41. The van der Waals surface area contributed by atoms with E-state index < -0.39 is 0 Å². The van der Waals surface area contributed by atoms with E-state index in [9.17, 15) is 0 Å². The number of para-hydroxylation sites is 2. The first-order valence-electron chi connectivity index (χ1n) is 4.59. The van der Waals surface area contributed by atoms with E-state index in [4.69, 9.17) is 11.5 Å². The second kappa shape index (κ2) is 4.35. The SMILES string of the molecule is NC(N)=NN=Cc1cnc2ccccc2n1. The molecule has 0 aliphatic heterocycles. The molecule has 0 amide bonds. The van der Waals surface area contributed by atoms with Crippen molar-refractivity contribution in [1.29, 1.82) is 0 Å². The van der Waals surface area contributed by atoms with E-state index in [0.29, 0.717) is 5.69 Å².